The summed E-state index contributed by atoms with van der Waals surface area (Å²) < 4.78 is 115. The van der Waals surface area contributed by atoms with Crippen LogP contribution in [-0.4, -0.2) is 96.0 Å². The molecule has 5 aromatic carbocycles. The average molecular weight is 1920 g/mol. The zero-order valence-corrected chi connectivity index (χ0v) is 79.3. The summed E-state index contributed by atoms with van der Waals surface area (Å²) in [6.07, 6.45) is 17.8. The highest BCUT2D eigenvalue weighted by Gasteiger charge is 2.55. The molecule has 1 fully saturated rings. The number of aromatic nitrogens is 12. The second-order valence-electron chi connectivity index (χ2n) is 38.9. The number of carbonyl (C=O) groups is 4. The first-order chi connectivity index (χ1) is 68.7. The number of fused-ring (bicyclic) bond motifs is 13. The minimum Gasteiger partial charge on any atom is -0.357 e. The number of halogens is 8. The molecule has 0 spiro atoms. The maximum absolute atomic E-state index is 15.2. The molecule has 29 heteroatoms. The summed E-state index contributed by atoms with van der Waals surface area (Å²) in [5, 5.41) is 39.6. The summed E-state index contributed by atoms with van der Waals surface area (Å²) in [7, 11) is 0. The van der Waals surface area contributed by atoms with Gasteiger partial charge in [0.05, 0.1) is 85.1 Å². The van der Waals surface area contributed by atoms with Crippen molar-refractivity contribution in [3.63, 3.8) is 0 Å². The van der Waals surface area contributed by atoms with Gasteiger partial charge in [-0.3, -0.25) is 34.1 Å². The number of piperidine rings is 1. The van der Waals surface area contributed by atoms with Crippen LogP contribution in [0.5, 0.6) is 0 Å². The van der Waals surface area contributed by atoms with Crippen LogP contribution in [0.3, 0.4) is 0 Å². The van der Waals surface area contributed by atoms with Gasteiger partial charge < -0.3 is 4.90 Å². The average Bonchev–Trinajstić information content (AvgIpc) is 0.732. The van der Waals surface area contributed by atoms with Crippen LogP contribution in [0.1, 0.15) is 151 Å². The topological polar surface area (TPSA) is 321 Å². The highest BCUT2D eigenvalue weighted by molar-refractivity contribution is 6.05. The molecular formula is C114H93F8N17O4. The van der Waals surface area contributed by atoms with Crippen molar-refractivity contribution in [1.29, 1.82) is 21.0 Å². The maximum atomic E-state index is 15.2. The number of rotatable bonds is 9. The number of Topliss-reactive ketones (excluding diaryl/α,β-unsaturated/α-hetero) is 4. The van der Waals surface area contributed by atoms with Gasteiger partial charge in [0.15, 0.2) is 52.2 Å². The molecule has 0 radical (unpaired) electrons. The Bertz CT molecular complexity index is 7790. The van der Waals surface area contributed by atoms with Gasteiger partial charge in [0.1, 0.15) is 59.1 Å². The van der Waals surface area contributed by atoms with E-state index in [9.17, 15) is 66.6 Å². The van der Waals surface area contributed by atoms with E-state index in [2.05, 4.69) is 53.9 Å². The van der Waals surface area contributed by atoms with E-state index >= 15 is 8.78 Å². The molecule has 714 valence electrons. The van der Waals surface area contributed by atoms with Gasteiger partial charge in [-0.25, -0.2) is 66.8 Å². The Morgan fingerprint density at radius 2 is 0.685 bits per heavy atom. The fourth-order valence-corrected chi connectivity index (χ4v) is 23.5. The maximum Gasteiger partial charge on any atom is 0.433 e. The van der Waals surface area contributed by atoms with Crippen molar-refractivity contribution < 1.29 is 54.3 Å². The van der Waals surface area contributed by atoms with Gasteiger partial charge in [-0.15, -0.1) is 0 Å². The molecule has 0 unspecified atom stereocenters. The summed E-state index contributed by atoms with van der Waals surface area (Å²) >= 11 is 0. The summed E-state index contributed by atoms with van der Waals surface area (Å²) in [5.41, 5.74) is 8.07. The van der Waals surface area contributed by atoms with Crippen molar-refractivity contribution in [2.75, 3.05) is 18.0 Å². The van der Waals surface area contributed by atoms with Gasteiger partial charge in [0.2, 0.25) is 0 Å². The summed E-state index contributed by atoms with van der Waals surface area (Å²) in [5.74, 6) is -2.62. The van der Waals surface area contributed by atoms with Gasteiger partial charge in [0, 0.05) is 150 Å². The monoisotopic (exact) mass is 1920 g/mol. The highest BCUT2D eigenvalue weighted by Crippen LogP contribution is 2.57. The predicted molar refractivity (Wildman–Crippen MR) is 519 cm³/mol. The van der Waals surface area contributed by atoms with Crippen LogP contribution >= 0.6 is 0 Å². The molecule has 12 atom stereocenters. The molecule has 8 aromatic heterocycles. The van der Waals surface area contributed by atoms with Crippen LogP contribution in [0.4, 0.5) is 40.9 Å². The fraction of sp³-hybridized carbons (Fsp3) is 0.298. The Morgan fingerprint density at radius 1 is 0.357 bits per heavy atom. The van der Waals surface area contributed by atoms with E-state index in [0.29, 0.717) is 101 Å². The van der Waals surface area contributed by atoms with E-state index in [1.165, 1.54) is 49.0 Å². The molecule has 9 heterocycles. The number of alkyl halides is 3. The van der Waals surface area contributed by atoms with Crippen molar-refractivity contribution in [2.24, 2.45) is 47.3 Å². The normalized spacial score (nSPS) is 23.7. The number of carbonyl (C=O) groups excluding carboxylic acids is 4. The van der Waals surface area contributed by atoms with Crippen molar-refractivity contribution in [1.82, 2.24) is 59.8 Å². The molecule has 1 aliphatic heterocycles. The van der Waals surface area contributed by atoms with Crippen molar-refractivity contribution in [2.45, 2.75) is 154 Å². The van der Waals surface area contributed by atoms with E-state index in [1.54, 1.807) is 110 Å². The first kappa shape index (κ1) is 96.0. The molecule has 0 saturated carbocycles. The zero-order valence-electron chi connectivity index (χ0n) is 79.3. The first-order valence-electron chi connectivity index (χ1n) is 47.7. The van der Waals surface area contributed by atoms with E-state index in [-0.39, 0.29) is 133 Å². The number of hydrogen-bond acceptors (Lipinski definition) is 21. The van der Waals surface area contributed by atoms with Gasteiger partial charge in [-0.2, -0.15) is 34.2 Å². The number of allylic oxidation sites excluding steroid dienone is 8. The number of ketones is 4. The smallest absolute Gasteiger partial charge is 0.357 e. The third-order valence-electron chi connectivity index (χ3n) is 30.8. The second kappa shape index (κ2) is 37.9. The lowest BCUT2D eigenvalue weighted by Crippen LogP contribution is -2.46. The highest BCUT2D eigenvalue weighted by atomic mass is 19.4. The van der Waals surface area contributed by atoms with Crippen LogP contribution in [0, 0.1) is 122 Å². The van der Waals surface area contributed by atoms with Crippen LogP contribution in [0.25, 0.3) is 101 Å². The van der Waals surface area contributed by atoms with Crippen molar-refractivity contribution >= 4 is 39.9 Å². The number of nitriles is 4. The molecule has 0 bridgehead atoms. The molecule has 0 N–H and O–H groups in total. The summed E-state index contributed by atoms with van der Waals surface area (Å²) in [6, 6.07) is 51.2. The molecule has 9 aliphatic rings. The van der Waals surface area contributed by atoms with Gasteiger partial charge in [-0.05, 0) is 185 Å². The number of para-hydroxylation sites is 1. The third-order valence-corrected chi connectivity index (χ3v) is 30.8. The lowest BCUT2D eigenvalue weighted by atomic mass is 9.57. The Hall–Kier alpha value is -15.9. The van der Waals surface area contributed by atoms with Gasteiger partial charge in [-0.1, -0.05) is 146 Å². The van der Waals surface area contributed by atoms with Crippen LogP contribution in [0.15, 0.2) is 235 Å². The van der Waals surface area contributed by atoms with E-state index in [4.69, 9.17) is 29.9 Å². The van der Waals surface area contributed by atoms with Crippen molar-refractivity contribution in [3.05, 3.63) is 315 Å². The lowest BCUT2D eigenvalue weighted by molar-refractivity contribution is -0.141. The number of pyridine rings is 4. The molecule has 0 amide bonds. The standard InChI is InChI=1S/C31H30FN5O.C30H23FN4O.C27H20F4N4O.C26H20F2N4O/c1-19-24-11-10-23-27(22-8-4-5-9-25(22)32)35-30(36-29(23)31(24,2)17-21(18-33)28(19)38)20-12-13-34-26(16-20)37-14-6-3-7-15-37;1-17-23-12-11-22-26(21-8-3-5-9-24(21)31)34-29(20-13-14-33-25-10-6-4-7-19(20)25)35-28(22)30(23,2)15-18(16-32)27(17)36;1-14-19-8-7-18-22(17-5-3-4-6-20(17)28)34-25(15-9-10-33-21(11-15)27(29,30)31)35-24(18)26(19,2)12-16(13-32)23(14)36;1-14-19-8-7-18-22(16-5-3-4-6-20(16)27)31-25(17-9-10-30-13-21(17)28)32-24(18)26(19,2)11-15(12-29)23(14)33/h4-5,8-9,12-13,16-17,19,24H,3,6-7,10-11,14-15H2,1-2H3;3-10,13-15,17,23H,11-12H2,1-2H3;3-6,9-12,14,19H,7-8H2,1-2H3;3-6,9-11,13-14,19H,7-8H2,1-2H3/t19-,24-,31-;17-,23-,30-;2*14-,19-,26-/m1111/s1. The Morgan fingerprint density at radius 3 is 1.06 bits per heavy atom. The van der Waals surface area contributed by atoms with Gasteiger partial charge in [0.25, 0.3) is 0 Å². The summed E-state index contributed by atoms with van der Waals surface area (Å²) in [4.78, 5) is 109. The number of benzene rings is 5. The number of anilines is 1. The minimum atomic E-state index is -4.67. The van der Waals surface area contributed by atoms with E-state index < -0.39 is 56.9 Å². The molecule has 143 heavy (non-hydrogen) atoms. The summed E-state index contributed by atoms with van der Waals surface area (Å²) in [6.45, 7) is 17.3. The quantitative estimate of drug-likeness (QED) is 0.121. The van der Waals surface area contributed by atoms with Crippen molar-refractivity contribution in [3.8, 4) is 115 Å². The largest absolute Gasteiger partial charge is 0.433 e. The van der Waals surface area contributed by atoms with Crippen LogP contribution in [-0.2, 0) is 72.7 Å². The van der Waals surface area contributed by atoms with Gasteiger partial charge >= 0.3 is 6.18 Å². The fourth-order valence-electron chi connectivity index (χ4n) is 23.5. The van der Waals surface area contributed by atoms with E-state index in [1.807, 2.05) is 102 Å². The number of hydrogen-bond donors (Lipinski definition) is 0. The Balaban J connectivity index is 0.000000121. The SMILES string of the molecule is C[C@H]1C(=O)C(C#N)=C[C@@]2(C)c3nc(-c4ccnc(C(F)(F)F)c4)nc(-c4ccccc4F)c3CC[C@H]12.C[C@H]1C(=O)C(C#N)=C[C@@]2(C)c3nc(-c4ccnc(N5CCCCC5)c4)nc(-c4ccccc4F)c3CC[C@H]12.C[C@H]1C(=O)C(C#N)=C[C@@]2(C)c3nc(-c4ccnc5ccccc45)nc(-c4ccccc4F)c3CC[C@H]12.C[C@H]1C(=O)C(C#N)=C[C@@]2(C)c3nc(-c4ccncc4F)nc(-c4ccccc4F)c3CC[C@H]12. The van der Waals surface area contributed by atoms with E-state index in [0.717, 1.165) is 113 Å². The predicted octanol–water partition coefficient (Wildman–Crippen LogP) is 22.6. The molecular weight excluding hydrogens is 1820 g/mol. The molecule has 13 aromatic rings. The number of nitrogens with zero attached hydrogens (tertiary/aromatic N) is 17. The first-order valence-corrected chi connectivity index (χ1v) is 47.7. The Labute approximate surface area is 819 Å². The second-order valence-corrected chi connectivity index (χ2v) is 38.9. The van der Waals surface area contributed by atoms with Crippen LogP contribution < -0.4 is 4.90 Å². The minimum absolute atomic E-state index is 0.00262. The molecule has 22 rings (SSSR count). The zero-order chi connectivity index (χ0) is 101. The lowest BCUT2D eigenvalue weighted by Gasteiger charge is -2.45. The van der Waals surface area contributed by atoms with Crippen LogP contribution in [0.2, 0.25) is 0 Å². The molecule has 21 nitrogen and oxygen atoms in total. The Kier molecular flexibility index (Phi) is 25.5. The third kappa shape index (κ3) is 17.0. The molecule has 8 aliphatic carbocycles. The molecule has 1 saturated heterocycles.